The first kappa shape index (κ1) is 54.3. The van der Waals surface area contributed by atoms with Crippen LogP contribution in [0.4, 0.5) is 4.79 Å². The fraction of sp³-hybridized carbons (Fsp3) is 0.829. The van der Waals surface area contributed by atoms with Crippen molar-refractivity contribution in [1.82, 2.24) is 5.32 Å². The first-order valence-corrected chi connectivity index (χ1v) is 20.9. The van der Waals surface area contributed by atoms with Gasteiger partial charge in [0.15, 0.2) is 12.1 Å². The van der Waals surface area contributed by atoms with Crippen molar-refractivity contribution < 1.29 is 94.2 Å². The Hall–Kier alpha value is -2.83. The molecule has 2 aliphatic heterocycles. The second-order valence-corrected chi connectivity index (χ2v) is 16.8. The monoisotopic (exact) mass is 881 g/mol. The van der Waals surface area contributed by atoms with Gasteiger partial charge in [0.05, 0.1) is 73.5 Å². The number of ether oxygens (including phenoxy) is 5. The zero-order valence-electron chi connectivity index (χ0n) is 35.9. The first-order valence-electron chi connectivity index (χ1n) is 20.9. The topological polar surface area (TPSA) is 332 Å². The Bertz CT molecular complexity index is 1390. The third-order valence-corrected chi connectivity index (χ3v) is 11.2. The number of aliphatic hydroxyl groups is 10. The summed E-state index contributed by atoms with van der Waals surface area (Å²) in [6.45, 7) is 13.4. The van der Waals surface area contributed by atoms with Crippen LogP contribution in [0.3, 0.4) is 0 Å². The number of amides is 1. The van der Waals surface area contributed by atoms with Gasteiger partial charge in [0, 0.05) is 31.6 Å². The van der Waals surface area contributed by atoms with Gasteiger partial charge in [-0.25, -0.2) is 4.79 Å². The Morgan fingerprint density at radius 1 is 0.934 bits per heavy atom. The number of alkyl carbamates (subject to hydrolysis) is 1. The maximum absolute atomic E-state index is 12.3. The van der Waals surface area contributed by atoms with Crippen LogP contribution in [0.25, 0.3) is 0 Å². The normalized spacial score (nSPS) is 31.6. The number of rotatable bonds is 25. The second kappa shape index (κ2) is 25.5. The van der Waals surface area contributed by atoms with Crippen LogP contribution in [0, 0.1) is 17.8 Å². The van der Waals surface area contributed by atoms with E-state index >= 15 is 0 Å². The van der Waals surface area contributed by atoms with E-state index in [9.17, 15) is 70.6 Å². The van der Waals surface area contributed by atoms with Crippen molar-refractivity contribution in [2.75, 3.05) is 6.61 Å². The lowest BCUT2D eigenvalue weighted by Gasteiger charge is -2.45. The summed E-state index contributed by atoms with van der Waals surface area (Å²) in [6.07, 6.45) is -17.9. The molecule has 0 aromatic heterocycles. The molecule has 2 rings (SSSR count). The molecule has 0 radical (unpaired) electrons. The number of carboxylic acids is 1. The van der Waals surface area contributed by atoms with Gasteiger partial charge in [0.25, 0.3) is 0 Å². The minimum Gasteiger partial charge on any atom is -0.481 e. The molecule has 0 bridgehead atoms. The number of allylic oxidation sites excluding steroid dienone is 1. The third kappa shape index (κ3) is 17.3. The fourth-order valence-electron chi connectivity index (χ4n) is 7.58. The molecule has 0 unspecified atom stereocenters. The van der Waals surface area contributed by atoms with E-state index in [2.05, 4.69) is 11.9 Å². The summed E-state index contributed by atoms with van der Waals surface area (Å²) in [5.74, 6) is -6.53. The van der Waals surface area contributed by atoms with Crippen molar-refractivity contribution in [1.29, 1.82) is 0 Å². The van der Waals surface area contributed by atoms with Crippen molar-refractivity contribution in [3.8, 4) is 0 Å². The SMILES string of the molecule is C=CCOC(=O)N[C@@H]1[C@H](O)[C@H](O[C@@H](/C=C/C)C[C@@H]2O[C@](O)(C[C@@H](O)C[C@@H](O)[C@H](O)CC[C@@H](O)C[C@@H](O)CC(=O)O[C@@H](C)[C@H](C)[C@H](O)C(C)C)C[C@H](O)[C@H]2C(=O)O)O[C@H](C)[C@H]1O. The van der Waals surface area contributed by atoms with E-state index in [4.69, 9.17) is 23.7 Å². The highest BCUT2D eigenvalue weighted by atomic mass is 16.7. The van der Waals surface area contributed by atoms with Crippen LogP contribution in [-0.4, -0.2) is 178 Å². The number of aliphatic carboxylic acids is 1. The van der Waals surface area contributed by atoms with Crippen LogP contribution >= 0.6 is 0 Å². The van der Waals surface area contributed by atoms with Gasteiger partial charge in [-0.1, -0.05) is 45.6 Å². The van der Waals surface area contributed by atoms with Gasteiger partial charge < -0.3 is 85.2 Å². The summed E-state index contributed by atoms with van der Waals surface area (Å²) in [7, 11) is 0. The molecular formula is C41H71NO19. The maximum Gasteiger partial charge on any atom is 0.407 e. The molecule has 12 N–H and O–H groups in total. The van der Waals surface area contributed by atoms with E-state index in [0.717, 1.165) is 0 Å². The molecule has 2 saturated heterocycles. The molecule has 0 aromatic carbocycles. The number of nitrogens with one attached hydrogen (secondary N) is 1. The zero-order chi connectivity index (χ0) is 46.4. The molecular weight excluding hydrogens is 810 g/mol. The molecule has 0 spiro atoms. The molecule has 354 valence electrons. The lowest BCUT2D eigenvalue weighted by molar-refractivity contribution is -0.309. The van der Waals surface area contributed by atoms with Crippen molar-refractivity contribution in [3.05, 3.63) is 24.8 Å². The van der Waals surface area contributed by atoms with E-state index in [-0.39, 0.29) is 44.1 Å². The average Bonchev–Trinajstić information content (AvgIpc) is 3.15. The number of hydrogen-bond donors (Lipinski definition) is 12. The summed E-state index contributed by atoms with van der Waals surface area (Å²) in [5, 5.41) is 120. The molecule has 0 saturated carbocycles. The molecule has 1 amide bonds. The van der Waals surface area contributed by atoms with Crippen LogP contribution in [0.2, 0.25) is 0 Å². The minimum absolute atomic E-state index is 0.0536. The number of hydrogen-bond acceptors (Lipinski definition) is 18. The summed E-state index contributed by atoms with van der Waals surface area (Å²) in [4.78, 5) is 36.9. The van der Waals surface area contributed by atoms with Crippen molar-refractivity contribution in [3.63, 3.8) is 0 Å². The van der Waals surface area contributed by atoms with Crippen molar-refractivity contribution in [2.24, 2.45) is 17.8 Å². The smallest absolute Gasteiger partial charge is 0.407 e. The molecule has 0 aliphatic carbocycles. The van der Waals surface area contributed by atoms with Gasteiger partial charge in [-0.2, -0.15) is 0 Å². The number of esters is 1. The predicted octanol–water partition coefficient (Wildman–Crippen LogP) is -0.646. The first-order chi connectivity index (χ1) is 28.4. The average molecular weight is 882 g/mol. The van der Waals surface area contributed by atoms with Crippen LogP contribution in [0.1, 0.15) is 92.9 Å². The molecule has 2 aliphatic rings. The lowest BCUT2D eigenvalue weighted by Crippen LogP contribution is -2.64. The molecule has 20 heteroatoms. The molecule has 18 atom stereocenters. The second-order valence-electron chi connectivity index (χ2n) is 16.8. The van der Waals surface area contributed by atoms with Crippen molar-refractivity contribution in [2.45, 2.75) is 190 Å². The standard InChI is InChI=1S/C41H71NO19/c1-8-10-27(60-39-37(52)34(36(51)23(7)59-39)42-40(55)57-13-9-2)17-31-33(38(53)54)30(48)19-41(56,61-31)18-26(45)15-29(47)28(46)12-11-24(43)14-25(44)16-32(49)58-22(6)21(5)35(50)20(3)4/h8-10,20-31,33-37,39,43-48,50-52,56H,2,11-19H2,1,3-7H3,(H,42,55)(H,53,54)/b10-8+/t21-,22-,23+,24+,25+,26-,27-,28+,29+,30-,31-,33+,34-,35+,36+,37-,39-,41+/m0/s1. The van der Waals surface area contributed by atoms with Gasteiger partial charge in [0.2, 0.25) is 0 Å². The number of aliphatic hydroxyl groups excluding tert-OH is 9. The Balaban J connectivity index is 2.00. The number of carbonyl (C=O) groups is 3. The molecule has 20 nitrogen and oxygen atoms in total. The Morgan fingerprint density at radius 3 is 2.18 bits per heavy atom. The van der Waals surface area contributed by atoms with Crippen LogP contribution in [0.15, 0.2) is 24.8 Å². The molecule has 0 aromatic rings. The fourth-order valence-corrected chi connectivity index (χ4v) is 7.58. The summed E-state index contributed by atoms with van der Waals surface area (Å²) in [6, 6.07) is -1.31. The third-order valence-electron chi connectivity index (χ3n) is 11.2. The lowest BCUT2D eigenvalue weighted by atomic mass is 9.82. The maximum atomic E-state index is 12.3. The molecule has 61 heavy (non-hydrogen) atoms. The number of carbonyl (C=O) groups excluding carboxylic acids is 2. The van der Waals surface area contributed by atoms with E-state index < -0.39 is 147 Å². The Labute approximate surface area is 356 Å². The van der Waals surface area contributed by atoms with Gasteiger partial charge in [-0.15, -0.1) is 0 Å². The Morgan fingerprint density at radius 2 is 1.59 bits per heavy atom. The number of carboxylic acid groups (broad SMARTS) is 1. The highest BCUT2D eigenvalue weighted by Crippen LogP contribution is 2.38. The van der Waals surface area contributed by atoms with Crippen molar-refractivity contribution >= 4 is 18.0 Å². The zero-order valence-corrected chi connectivity index (χ0v) is 35.9. The van der Waals surface area contributed by atoms with E-state index in [1.54, 1.807) is 26.8 Å². The van der Waals surface area contributed by atoms with Crippen LogP contribution in [-0.2, 0) is 33.3 Å². The largest absolute Gasteiger partial charge is 0.481 e. The molecule has 2 fully saturated rings. The quantitative estimate of drug-likeness (QED) is 0.0401. The predicted molar refractivity (Wildman–Crippen MR) is 214 cm³/mol. The highest BCUT2D eigenvalue weighted by molar-refractivity contribution is 5.72. The summed E-state index contributed by atoms with van der Waals surface area (Å²) < 4.78 is 27.7. The van der Waals surface area contributed by atoms with Gasteiger partial charge >= 0.3 is 18.0 Å². The highest BCUT2D eigenvalue weighted by Gasteiger charge is 2.51. The van der Waals surface area contributed by atoms with E-state index in [0.29, 0.717) is 0 Å². The van der Waals surface area contributed by atoms with Crippen LogP contribution in [0.5, 0.6) is 0 Å². The van der Waals surface area contributed by atoms with Crippen LogP contribution < -0.4 is 5.32 Å². The van der Waals surface area contributed by atoms with Gasteiger partial charge in [-0.05, 0) is 46.0 Å². The minimum atomic E-state index is -2.33. The van der Waals surface area contributed by atoms with Gasteiger partial charge in [0.1, 0.15) is 30.8 Å². The van der Waals surface area contributed by atoms with Gasteiger partial charge in [-0.3, -0.25) is 9.59 Å². The van der Waals surface area contributed by atoms with E-state index in [1.165, 1.54) is 19.1 Å². The van der Waals surface area contributed by atoms with E-state index in [1.807, 2.05) is 13.8 Å². The molecule has 2 heterocycles. The summed E-state index contributed by atoms with van der Waals surface area (Å²) >= 11 is 0. The Kier molecular flexibility index (Phi) is 22.7. The summed E-state index contributed by atoms with van der Waals surface area (Å²) in [5.41, 5.74) is 0.